The first-order chi connectivity index (χ1) is 8.30. The highest BCUT2D eigenvalue weighted by Gasteiger charge is 2.65. The van der Waals surface area contributed by atoms with Crippen LogP contribution in [-0.2, 0) is 0 Å². The third-order valence-electron chi connectivity index (χ3n) is 4.38. The van der Waals surface area contributed by atoms with Gasteiger partial charge in [-0.05, 0) is 33.7 Å². The molecule has 0 aromatic carbocycles. The Labute approximate surface area is 117 Å². The second-order valence-electron chi connectivity index (χ2n) is 5.94. The molecule has 100 valence electrons. The third-order valence-corrected chi connectivity index (χ3v) is 4.96. The SMILES string of the molecule is CCNc1ncc(Br)c(NC2C(C)(C)C2(C)C)n1. The average Bonchev–Trinajstić information content (AvgIpc) is 2.66. The monoisotopic (exact) mass is 312 g/mol. The van der Waals surface area contributed by atoms with Crippen molar-refractivity contribution in [2.45, 2.75) is 40.7 Å². The molecule has 1 aromatic rings. The van der Waals surface area contributed by atoms with Gasteiger partial charge >= 0.3 is 0 Å². The fraction of sp³-hybridized carbons (Fsp3) is 0.692. The highest BCUT2D eigenvalue weighted by atomic mass is 79.9. The van der Waals surface area contributed by atoms with Crippen LogP contribution in [-0.4, -0.2) is 22.6 Å². The molecule has 18 heavy (non-hydrogen) atoms. The minimum atomic E-state index is 0.287. The van der Waals surface area contributed by atoms with Crippen molar-refractivity contribution in [3.63, 3.8) is 0 Å². The summed E-state index contributed by atoms with van der Waals surface area (Å²) in [6.07, 6.45) is 1.79. The standard InChI is InChI=1S/C13H21BrN4/c1-6-15-11-16-7-8(14)9(18-11)17-10-12(2,3)13(10,4)5/h7,10H,6H2,1-5H3,(H2,15,16,17,18). The summed E-state index contributed by atoms with van der Waals surface area (Å²) in [4.78, 5) is 8.71. The number of halogens is 1. The molecule has 0 amide bonds. The van der Waals surface area contributed by atoms with E-state index in [-0.39, 0.29) is 10.8 Å². The lowest BCUT2D eigenvalue weighted by molar-refractivity contribution is 0.457. The van der Waals surface area contributed by atoms with Crippen LogP contribution in [0.3, 0.4) is 0 Å². The van der Waals surface area contributed by atoms with Crippen molar-refractivity contribution in [1.29, 1.82) is 0 Å². The lowest BCUT2D eigenvalue weighted by Crippen LogP contribution is -2.13. The zero-order chi connectivity index (χ0) is 13.6. The molecule has 1 aromatic heterocycles. The first-order valence-corrected chi connectivity index (χ1v) is 7.13. The fourth-order valence-corrected chi connectivity index (χ4v) is 2.71. The lowest BCUT2D eigenvalue weighted by Gasteiger charge is -2.10. The number of hydrogen-bond acceptors (Lipinski definition) is 4. The summed E-state index contributed by atoms with van der Waals surface area (Å²) in [6, 6.07) is 0.436. The molecule has 0 atom stereocenters. The van der Waals surface area contributed by atoms with Crippen LogP contribution in [0.15, 0.2) is 10.7 Å². The molecule has 0 spiro atoms. The van der Waals surface area contributed by atoms with Gasteiger partial charge in [-0.1, -0.05) is 27.7 Å². The molecule has 0 aliphatic heterocycles. The summed E-state index contributed by atoms with van der Waals surface area (Å²) in [5, 5.41) is 6.65. The molecule has 1 saturated carbocycles. The minimum absolute atomic E-state index is 0.287. The van der Waals surface area contributed by atoms with Crippen LogP contribution in [0.1, 0.15) is 34.6 Å². The van der Waals surface area contributed by atoms with E-state index in [1.54, 1.807) is 6.20 Å². The molecule has 5 heteroatoms. The second kappa shape index (κ2) is 4.37. The molecule has 1 aliphatic carbocycles. The quantitative estimate of drug-likeness (QED) is 0.893. The Hall–Kier alpha value is -0.840. The molecular formula is C13H21BrN4. The molecule has 2 rings (SSSR count). The van der Waals surface area contributed by atoms with Gasteiger partial charge in [-0.25, -0.2) is 4.98 Å². The van der Waals surface area contributed by atoms with Gasteiger partial charge < -0.3 is 10.6 Å². The van der Waals surface area contributed by atoms with Gasteiger partial charge in [0.2, 0.25) is 5.95 Å². The number of anilines is 2. The van der Waals surface area contributed by atoms with E-state index in [9.17, 15) is 0 Å². The van der Waals surface area contributed by atoms with Crippen molar-refractivity contribution in [2.24, 2.45) is 10.8 Å². The van der Waals surface area contributed by atoms with Gasteiger partial charge in [0, 0.05) is 18.8 Å². The van der Waals surface area contributed by atoms with Crippen LogP contribution >= 0.6 is 15.9 Å². The minimum Gasteiger partial charge on any atom is -0.365 e. The van der Waals surface area contributed by atoms with E-state index in [4.69, 9.17) is 0 Å². The Bertz CT molecular complexity index is 442. The first kappa shape index (κ1) is 13.6. The van der Waals surface area contributed by atoms with Crippen molar-refractivity contribution in [2.75, 3.05) is 17.2 Å². The van der Waals surface area contributed by atoms with E-state index in [1.165, 1.54) is 0 Å². The van der Waals surface area contributed by atoms with E-state index in [0.29, 0.717) is 12.0 Å². The molecule has 4 nitrogen and oxygen atoms in total. The van der Waals surface area contributed by atoms with E-state index in [1.807, 2.05) is 6.92 Å². The molecular weight excluding hydrogens is 292 g/mol. The largest absolute Gasteiger partial charge is 0.365 e. The molecule has 1 aliphatic rings. The summed E-state index contributed by atoms with van der Waals surface area (Å²) >= 11 is 3.50. The number of nitrogens with zero attached hydrogens (tertiary/aromatic N) is 2. The molecule has 0 unspecified atom stereocenters. The highest BCUT2D eigenvalue weighted by Crippen LogP contribution is 2.63. The molecule has 0 saturated heterocycles. The maximum atomic E-state index is 4.49. The molecule has 0 radical (unpaired) electrons. The summed E-state index contributed by atoms with van der Waals surface area (Å²) in [5.41, 5.74) is 0.575. The first-order valence-electron chi connectivity index (χ1n) is 6.33. The normalized spacial score (nSPS) is 20.6. The van der Waals surface area contributed by atoms with Crippen molar-refractivity contribution < 1.29 is 0 Å². The average molecular weight is 313 g/mol. The lowest BCUT2D eigenvalue weighted by atomic mass is 10.0. The van der Waals surface area contributed by atoms with Crippen LogP contribution < -0.4 is 10.6 Å². The second-order valence-corrected chi connectivity index (χ2v) is 6.80. The predicted molar refractivity (Wildman–Crippen MR) is 78.9 cm³/mol. The number of aromatic nitrogens is 2. The van der Waals surface area contributed by atoms with Crippen molar-refractivity contribution in [3.8, 4) is 0 Å². The van der Waals surface area contributed by atoms with Gasteiger partial charge in [0.25, 0.3) is 0 Å². The summed E-state index contributed by atoms with van der Waals surface area (Å²) in [5.74, 6) is 1.53. The fourth-order valence-electron chi connectivity index (χ4n) is 2.41. The Kier molecular flexibility index (Phi) is 3.30. The van der Waals surface area contributed by atoms with E-state index < -0.39 is 0 Å². The van der Waals surface area contributed by atoms with Crippen LogP contribution in [0.4, 0.5) is 11.8 Å². The molecule has 1 fully saturated rings. The Morgan fingerprint density at radius 2 is 1.89 bits per heavy atom. The predicted octanol–water partition coefficient (Wildman–Crippen LogP) is 3.52. The Morgan fingerprint density at radius 3 is 2.39 bits per heavy atom. The molecule has 2 N–H and O–H groups in total. The van der Waals surface area contributed by atoms with Gasteiger partial charge in [0.05, 0.1) is 4.47 Å². The summed E-state index contributed by atoms with van der Waals surface area (Å²) in [6.45, 7) is 12.0. The molecule has 1 heterocycles. The van der Waals surface area contributed by atoms with Gasteiger partial charge in [0.1, 0.15) is 5.82 Å². The third kappa shape index (κ3) is 2.09. The van der Waals surface area contributed by atoms with E-state index in [2.05, 4.69) is 64.2 Å². The number of rotatable bonds is 4. The molecule has 0 bridgehead atoms. The van der Waals surface area contributed by atoms with Crippen LogP contribution in [0, 0.1) is 10.8 Å². The Balaban J connectivity index is 2.17. The summed E-state index contributed by atoms with van der Waals surface area (Å²) < 4.78 is 0.905. The number of nitrogens with one attached hydrogen (secondary N) is 2. The van der Waals surface area contributed by atoms with Crippen LogP contribution in [0.2, 0.25) is 0 Å². The van der Waals surface area contributed by atoms with Crippen molar-refractivity contribution in [1.82, 2.24) is 9.97 Å². The number of hydrogen-bond donors (Lipinski definition) is 2. The van der Waals surface area contributed by atoms with Gasteiger partial charge in [0.15, 0.2) is 0 Å². The highest BCUT2D eigenvalue weighted by molar-refractivity contribution is 9.10. The summed E-state index contributed by atoms with van der Waals surface area (Å²) in [7, 11) is 0. The van der Waals surface area contributed by atoms with Crippen LogP contribution in [0.25, 0.3) is 0 Å². The van der Waals surface area contributed by atoms with E-state index in [0.717, 1.165) is 16.8 Å². The zero-order valence-corrected chi connectivity index (χ0v) is 13.2. The smallest absolute Gasteiger partial charge is 0.224 e. The maximum Gasteiger partial charge on any atom is 0.224 e. The van der Waals surface area contributed by atoms with Gasteiger partial charge in [-0.2, -0.15) is 4.98 Å². The van der Waals surface area contributed by atoms with Gasteiger partial charge in [-0.3, -0.25) is 0 Å². The Morgan fingerprint density at radius 1 is 1.28 bits per heavy atom. The zero-order valence-electron chi connectivity index (χ0n) is 11.6. The van der Waals surface area contributed by atoms with E-state index >= 15 is 0 Å². The van der Waals surface area contributed by atoms with Crippen LogP contribution in [0.5, 0.6) is 0 Å². The van der Waals surface area contributed by atoms with Crippen molar-refractivity contribution in [3.05, 3.63) is 10.7 Å². The topological polar surface area (TPSA) is 49.8 Å². The van der Waals surface area contributed by atoms with Gasteiger partial charge in [-0.15, -0.1) is 0 Å². The van der Waals surface area contributed by atoms with Crippen molar-refractivity contribution >= 4 is 27.7 Å². The maximum absolute atomic E-state index is 4.49.